The van der Waals surface area contributed by atoms with E-state index >= 15 is 0 Å². The van der Waals surface area contributed by atoms with Gasteiger partial charge in [-0.2, -0.15) is 0 Å². The van der Waals surface area contributed by atoms with Crippen LogP contribution in [0.5, 0.6) is 0 Å². The van der Waals surface area contributed by atoms with Crippen LogP contribution >= 0.6 is 11.8 Å². The summed E-state index contributed by atoms with van der Waals surface area (Å²) in [6.45, 7) is 1.80. The van der Waals surface area contributed by atoms with Gasteiger partial charge < -0.3 is 5.11 Å². The minimum atomic E-state index is -0.831. The summed E-state index contributed by atoms with van der Waals surface area (Å²) in [5.41, 5.74) is 1.72. The highest BCUT2D eigenvalue weighted by molar-refractivity contribution is 7.99. The van der Waals surface area contributed by atoms with E-state index in [0.29, 0.717) is 11.5 Å². The molecule has 74 valence electrons. The van der Waals surface area contributed by atoms with Crippen LogP contribution in [0.4, 0.5) is 0 Å². The van der Waals surface area contributed by atoms with E-state index in [1.807, 2.05) is 0 Å². The maximum absolute atomic E-state index is 10.6. The van der Waals surface area contributed by atoms with Gasteiger partial charge in [0.1, 0.15) is 10.9 Å². The first kappa shape index (κ1) is 9.45. The van der Waals surface area contributed by atoms with Crippen LogP contribution in [0.15, 0.2) is 5.03 Å². The Bertz CT molecular complexity index is 393. The number of rotatable bonds is 2. The van der Waals surface area contributed by atoms with Crippen LogP contribution in [0.25, 0.3) is 0 Å². The largest absolute Gasteiger partial charge is 0.481 e. The van der Waals surface area contributed by atoms with Gasteiger partial charge in [-0.3, -0.25) is 4.79 Å². The van der Waals surface area contributed by atoms with E-state index in [1.165, 1.54) is 0 Å². The zero-order valence-corrected chi connectivity index (χ0v) is 8.60. The lowest BCUT2D eigenvalue weighted by molar-refractivity contribution is -0.136. The molecule has 0 saturated carbocycles. The van der Waals surface area contributed by atoms with Gasteiger partial charge in [-0.1, -0.05) is 0 Å². The molecule has 1 aromatic heterocycles. The van der Waals surface area contributed by atoms with E-state index in [4.69, 9.17) is 5.11 Å². The average Bonchev–Trinajstić information content (AvgIpc) is 2.50. The SMILES string of the molecule is Cc1nc(CC(=O)O)c2c(n1)SCC2. The van der Waals surface area contributed by atoms with Gasteiger partial charge >= 0.3 is 5.97 Å². The van der Waals surface area contributed by atoms with Crippen molar-refractivity contribution in [2.24, 2.45) is 0 Å². The summed E-state index contributed by atoms with van der Waals surface area (Å²) in [5.74, 6) is 0.816. The molecule has 0 amide bonds. The smallest absolute Gasteiger partial charge is 0.309 e. The van der Waals surface area contributed by atoms with Gasteiger partial charge in [0.25, 0.3) is 0 Å². The van der Waals surface area contributed by atoms with Gasteiger partial charge in [0.05, 0.1) is 12.1 Å². The molecule has 0 bridgehead atoms. The van der Waals surface area contributed by atoms with Crippen LogP contribution in [0.3, 0.4) is 0 Å². The fourth-order valence-electron chi connectivity index (χ4n) is 1.54. The molecule has 14 heavy (non-hydrogen) atoms. The van der Waals surface area contributed by atoms with Gasteiger partial charge in [-0.05, 0) is 13.3 Å². The van der Waals surface area contributed by atoms with E-state index < -0.39 is 5.97 Å². The van der Waals surface area contributed by atoms with E-state index in [2.05, 4.69) is 9.97 Å². The number of carboxylic acids is 1. The van der Waals surface area contributed by atoms with Gasteiger partial charge in [0.15, 0.2) is 0 Å². The van der Waals surface area contributed by atoms with Crippen molar-refractivity contribution in [3.8, 4) is 0 Å². The molecule has 2 rings (SSSR count). The van der Waals surface area contributed by atoms with Crippen molar-refractivity contribution in [1.29, 1.82) is 0 Å². The Morgan fingerprint density at radius 2 is 2.36 bits per heavy atom. The number of carbonyl (C=O) groups is 1. The van der Waals surface area contributed by atoms with Gasteiger partial charge in [-0.25, -0.2) is 9.97 Å². The Morgan fingerprint density at radius 3 is 3.07 bits per heavy atom. The van der Waals surface area contributed by atoms with Crippen molar-refractivity contribution in [3.05, 3.63) is 17.1 Å². The maximum atomic E-state index is 10.6. The van der Waals surface area contributed by atoms with Gasteiger partial charge in [0, 0.05) is 11.3 Å². The molecule has 1 N–H and O–H groups in total. The molecule has 5 heteroatoms. The summed E-state index contributed by atoms with van der Waals surface area (Å²) in [6, 6.07) is 0. The molecule has 4 nitrogen and oxygen atoms in total. The molecule has 1 aromatic rings. The third-order valence-corrected chi connectivity index (χ3v) is 3.10. The van der Waals surface area contributed by atoms with E-state index in [-0.39, 0.29) is 6.42 Å². The zero-order valence-electron chi connectivity index (χ0n) is 7.78. The van der Waals surface area contributed by atoms with Gasteiger partial charge in [0.2, 0.25) is 0 Å². The number of aromatic nitrogens is 2. The summed E-state index contributed by atoms with van der Waals surface area (Å²) in [5, 5.41) is 9.69. The van der Waals surface area contributed by atoms with Crippen LogP contribution in [0, 0.1) is 6.92 Å². The molecule has 0 aliphatic carbocycles. The number of aliphatic carboxylic acids is 1. The fraction of sp³-hybridized carbons (Fsp3) is 0.444. The Labute approximate surface area is 85.8 Å². The van der Waals surface area contributed by atoms with Crippen LogP contribution in [0.1, 0.15) is 17.1 Å². The first-order valence-electron chi connectivity index (χ1n) is 4.38. The van der Waals surface area contributed by atoms with Crippen molar-refractivity contribution in [1.82, 2.24) is 9.97 Å². The number of fused-ring (bicyclic) bond motifs is 1. The van der Waals surface area contributed by atoms with E-state index in [9.17, 15) is 4.79 Å². The third-order valence-electron chi connectivity index (χ3n) is 2.08. The molecule has 0 atom stereocenters. The second-order valence-electron chi connectivity index (χ2n) is 3.17. The summed E-state index contributed by atoms with van der Waals surface area (Å²) in [6.07, 6.45) is 0.898. The number of nitrogens with zero attached hydrogens (tertiary/aromatic N) is 2. The van der Waals surface area contributed by atoms with Gasteiger partial charge in [-0.15, -0.1) is 11.8 Å². The molecular formula is C9H10N2O2S. The first-order valence-corrected chi connectivity index (χ1v) is 5.36. The Balaban J connectivity index is 2.43. The fourth-order valence-corrected chi connectivity index (χ4v) is 2.63. The normalized spacial score (nSPS) is 14.1. The summed E-state index contributed by atoms with van der Waals surface area (Å²) >= 11 is 1.68. The van der Waals surface area contributed by atoms with Crippen molar-refractivity contribution in [3.63, 3.8) is 0 Å². The summed E-state index contributed by atoms with van der Waals surface area (Å²) in [7, 11) is 0. The number of carboxylic acid groups (broad SMARTS) is 1. The molecular weight excluding hydrogens is 200 g/mol. The second kappa shape index (κ2) is 3.57. The number of thioether (sulfide) groups is 1. The second-order valence-corrected chi connectivity index (χ2v) is 4.25. The van der Waals surface area contributed by atoms with Crippen LogP contribution < -0.4 is 0 Å². The molecule has 0 saturated heterocycles. The molecule has 1 aliphatic heterocycles. The van der Waals surface area contributed by atoms with Crippen molar-refractivity contribution in [2.75, 3.05) is 5.75 Å². The molecule has 0 aromatic carbocycles. The highest BCUT2D eigenvalue weighted by Gasteiger charge is 2.20. The Kier molecular flexibility index (Phi) is 2.41. The standard InChI is InChI=1S/C9H10N2O2S/c1-5-10-7(4-8(12)13)6-2-3-14-9(6)11-5/h2-4H2,1H3,(H,12,13). The minimum Gasteiger partial charge on any atom is -0.481 e. The number of hydrogen-bond acceptors (Lipinski definition) is 4. The number of hydrogen-bond donors (Lipinski definition) is 1. The van der Waals surface area contributed by atoms with Crippen molar-refractivity contribution in [2.45, 2.75) is 24.8 Å². The highest BCUT2D eigenvalue weighted by Crippen LogP contribution is 2.31. The highest BCUT2D eigenvalue weighted by atomic mass is 32.2. The van der Waals surface area contributed by atoms with E-state index in [1.54, 1.807) is 18.7 Å². The lowest BCUT2D eigenvalue weighted by Crippen LogP contribution is -2.08. The van der Waals surface area contributed by atoms with E-state index in [0.717, 1.165) is 22.8 Å². The quantitative estimate of drug-likeness (QED) is 0.739. The first-order chi connectivity index (χ1) is 6.66. The Hall–Kier alpha value is -1.10. The molecule has 1 aliphatic rings. The van der Waals surface area contributed by atoms with Crippen LogP contribution in [-0.2, 0) is 17.6 Å². The molecule has 0 fully saturated rings. The molecule has 0 unspecified atom stereocenters. The zero-order chi connectivity index (χ0) is 10.1. The molecule has 0 spiro atoms. The van der Waals surface area contributed by atoms with Crippen molar-refractivity contribution >= 4 is 17.7 Å². The maximum Gasteiger partial charge on any atom is 0.309 e. The lowest BCUT2D eigenvalue weighted by Gasteiger charge is -2.04. The third kappa shape index (κ3) is 1.72. The van der Waals surface area contributed by atoms with Crippen LogP contribution in [0.2, 0.25) is 0 Å². The molecule has 2 heterocycles. The topological polar surface area (TPSA) is 63.1 Å². The monoisotopic (exact) mass is 210 g/mol. The van der Waals surface area contributed by atoms with Crippen molar-refractivity contribution < 1.29 is 9.90 Å². The molecule has 0 radical (unpaired) electrons. The summed E-state index contributed by atoms with van der Waals surface area (Å²) in [4.78, 5) is 19.1. The summed E-state index contributed by atoms with van der Waals surface area (Å²) < 4.78 is 0. The number of aryl methyl sites for hydroxylation is 1. The van der Waals surface area contributed by atoms with Crippen LogP contribution in [-0.4, -0.2) is 26.8 Å². The average molecular weight is 210 g/mol. The predicted molar refractivity (Wildman–Crippen MR) is 52.5 cm³/mol. The Morgan fingerprint density at radius 1 is 1.57 bits per heavy atom. The lowest BCUT2D eigenvalue weighted by atomic mass is 10.1. The minimum absolute atomic E-state index is 0.00620. The predicted octanol–water partition coefficient (Wildman–Crippen LogP) is 1.06.